The Morgan fingerprint density at radius 2 is 1.92 bits per heavy atom. The zero-order chi connectivity index (χ0) is 9.68. The number of rotatable bonds is 4. The van der Waals surface area contributed by atoms with Crippen LogP contribution in [0.2, 0.25) is 0 Å². The van der Waals surface area contributed by atoms with Gasteiger partial charge in [-0.1, -0.05) is 31.9 Å². The fraction of sp³-hybridized carbons (Fsp3) is 0.455. The van der Waals surface area contributed by atoms with Crippen molar-refractivity contribution >= 4 is 0 Å². The van der Waals surface area contributed by atoms with Crippen LogP contribution in [0.25, 0.3) is 0 Å². The smallest absolute Gasteiger partial charge is 0.115 e. The first kappa shape index (κ1) is 10.1. The Morgan fingerprint density at radius 3 is 2.46 bits per heavy atom. The summed E-state index contributed by atoms with van der Waals surface area (Å²) in [5.74, 6) is 0.298. The van der Waals surface area contributed by atoms with Crippen LogP contribution >= 0.6 is 0 Å². The lowest BCUT2D eigenvalue weighted by Gasteiger charge is -2.10. The fourth-order valence-electron chi connectivity index (χ4n) is 1.31. The van der Waals surface area contributed by atoms with E-state index in [2.05, 4.69) is 6.92 Å². The highest BCUT2D eigenvalue weighted by Gasteiger charge is 2.04. The van der Waals surface area contributed by atoms with Crippen molar-refractivity contribution in [1.29, 1.82) is 0 Å². The molecule has 0 unspecified atom stereocenters. The van der Waals surface area contributed by atoms with Crippen LogP contribution in [0.15, 0.2) is 24.3 Å². The van der Waals surface area contributed by atoms with Crippen LogP contribution < -0.4 is 5.73 Å². The summed E-state index contributed by atoms with van der Waals surface area (Å²) in [5.41, 5.74) is 7.05. The number of benzene rings is 1. The van der Waals surface area contributed by atoms with Crippen LogP contribution in [0.5, 0.6) is 5.75 Å². The van der Waals surface area contributed by atoms with Crippen LogP contribution in [0.1, 0.15) is 37.8 Å². The lowest BCUT2D eigenvalue weighted by atomic mass is 10.0. The van der Waals surface area contributed by atoms with Crippen molar-refractivity contribution in [2.45, 2.75) is 32.2 Å². The van der Waals surface area contributed by atoms with Crippen molar-refractivity contribution in [1.82, 2.24) is 0 Å². The van der Waals surface area contributed by atoms with Crippen molar-refractivity contribution in [3.63, 3.8) is 0 Å². The first-order valence-electron chi connectivity index (χ1n) is 4.78. The summed E-state index contributed by atoms with van der Waals surface area (Å²) >= 11 is 0. The van der Waals surface area contributed by atoms with E-state index in [-0.39, 0.29) is 6.04 Å². The second-order valence-electron chi connectivity index (χ2n) is 3.34. The molecular formula is C11H17NO. The van der Waals surface area contributed by atoms with Gasteiger partial charge in [0.05, 0.1) is 0 Å². The standard InChI is InChI=1S/C11H17NO/c1-2-3-4-11(12)9-5-7-10(13)8-6-9/h5-8,11,13H,2-4,12H2,1H3/t11-/m0/s1. The molecule has 1 rings (SSSR count). The zero-order valence-electron chi connectivity index (χ0n) is 8.03. The monoisotopic (exact) mass is 179 g/mol. The van der Waals surface area contributed by atoms with Gasteiger partial charge in [-0.25, -0.2) is 0 Å². The molecule has 72 valence electrons. The van der Waals surface area contributed by atoms with Crippen LogP contribution in [-0.2, 0) is 0 Å². The molecule has 0 aliphatic heterocycles. The molecule has 0 radical (unpaired) electrons. The third kappa shape index (κ3) is 3.07. The van der Waals surface area contributed by atoms with Crippen molar-refractivity contribution in [3.8, 4) is 5.75 Å². The van der Waals surface area contributed by atoms with Gasteiger partial charge in [0, 0.05) is 6.04 Å². The maximum absolute atomic E-state index is 9.07. The lowest BCUT2D eigenvalue weighted by molar-refractivity contribution is 0.474. The highest BCUT2D eigenvalue weighted by Crippen LogP contribution is 2.18. The third-order valence-corrected chi connectivity index (χ3v) is 2.19. The molecule has 0 aliphatic carbocycles. The number of aromatic hydroxyl groups is 1. The molecule has 0 saturated carbocycles. The molecular weight excluding hydrogens is 162 g/mol. The normalized spacial score (nSPS) is 12.8. The van der Waals surface area contributed by atoms with Gasteiger partial charge in [-0.2, -0.15) is 0 Å². The van der Waals surface area contributed by atoms with E-state index in [0.717, 1.165) is 18.4 Å². The number of phenols is 1. The van der Waals surface area contributed by atoms with E-state index < -0.39 is 0 Å². The molecule has 2 nitrogen and oxygen atoms in total. The van der Waals surface area contributed by atoms with Gasteiger partial charge in [-0.3, -0.25) is 0 Å². The highest BCUT2D eigenvalue weighted by molar-refractivity contribution is 5.27. The van der Waals surface area contributed by atoms with Gasteiger partial charge in [0.15, 0.2) is 0 Å². The summed E-state index contributed by atoms with van der Waals surface area (Å²) in [6.07, 6.45) is 3.34. The molecule has 0 bridgehead atoms. The van der Waals surface area contributed by atoms with Crippen LogP contribution in [0, 0.1) is 0 Å². The highest BCUT2D eigenvalue weighted by atomic mass is 16.3. The lowest BCUT2D eigenvalue weighted by Crippen LogP contribution is -2.09. The molecule has 1 atom stereocenters. The summed E-state index contributed by atoms with van der Waals surface area (Å²) in [6, 6.07) is 7.24. The Labute approximate surface area is 79.4 Å². The number of hydrogen-bond donors (Lipinski definition) is 2. The second-order valence-corrected chi connectivity index (χ2v) is 3.34. The van der Waals surface area contributed by atoms with E-state index >= 15 is 0 Å². The van der Waals surface area contributed by atoms with Crippen molar-refractivity contribution < 1.29 is 5.11 Å². The van der Waals surface area contributed by atoms with Gasteiger partial charge >= 0.3 is 0 Å². The van der Waals surface area contributed by atoms with Gasteiger partial charge in [-0.15, -0.1) is 0 Å². The topological polar surface area (TPSA) is 46.2 Å². The third-order valence-electron chi connectivity index (χ3n) is 2.19. The Morgan fingerprint density at radius 1 is 1.31 bits per heavy atom. The predicted molar refractivity (Wildman–Crippen MR) is 54.6 cm³/mol. The van der Waals surface area contributed by atoms with Crippen LogP contribution in [0.3, 0.4) is 0 Å². The minimum Gasteiger partial charge on any atom is -0.508 e. The minimum atomic E-state index is 0.112. The van der Waals surface area contributed by atoms with Crippen molar-refractivity contribution in [3.05, 3.63) is 29.8 Å². The predicted octanol–water partition coefficient (Wildman–Crippen LogP) is 2.58. The Hall–Kier alpha value is -1.02. The Bertz CT molecular complexity index is 243. The number of hydrogen-bond acceptors (Lipinski definition) is 2. The van der Waals surface area contributed by atoms with Gasteiger partial charge in [-0.05, 0) is 24.1 Å². The molecule has 3 N–H and O–H groups in total. The van der Waals surface area contributed by atoms with E-state index in [9.17, 15) is 0 Å². The summed E-state index contributed by atoms with van der Waals surface area (Å²) in [6.45, 7) is 2.16. The maximum Gasteiger partial charge on any atom is 0.115 e. The molecule has 0 aliphatic rings. The summed E-state index contributed by atoms with van der Waals surface area (Å²) in [7, 11) is 0. The number of phenolic OH excluding ortho intramolecular Hbond substituents is 1. The van der Waals surface area contributed by atoms with Crippen LogP contribution in [-0.4, -0.2) is 5.11 Å². The van der Waals surface area contributed by atoms with E-state index in [4.69, 9.17) is 10.8 Å². The molecule has 0 fully saturated rings. The van der Waals surface area contributed by atoms with Crippen LogP contribution in [0.4, 0.5) is 0 Å². The minimum absolute atomic E-state index is 0.112. The maximum atomic E-state index is 9.07. The van der Waals surface area contributed by atoms with Gasteiger partial charge in [0.1, 0.15) is 5.75 Å². The first-order chi connectivity index (χ1) is 6.24. The van der Waals surface area contributed by atoms with E-state index in [1.54, 1.807) is 12.1 Å². The summed E-state index contributed by atoms with van der Waals surface area (Å²) in [4.78, 5) is 0. The van der Waals surface area contributed by atoms with E-state index in [1.807, 2.05) is 12.1 Å². The second kappa shape index (κ2) is 4.87. The molecule has 0 amide bonds. The quantitative estimate of drug-likeness (QED) is 0.746. The molecule has 0 aromatic heterocycles. The average molecular weight is 179 g/mol. The largest absolute Gasteiger partial charge is 0.508 e. The molecule has 0 heterocycles. The van der Waals surface area contributed by atoms with Gasteiger partial charge in [0.2, 0.25) is 0 Å². The first-order valence-corrected chi connectivity index (χ1v) is 4.78. The van der Waals surface area contributed by atoms with Crippen molar-refractivity contribution in [2.24, 2.45) is 5.73 Å². The molecule has 13 heavy (non-hydrogen) atoms. The summed E-state index contributed by atoms with van der Waals surface area (Å²) < 4.78 is 0. The Balaban J connectivity index is 2.55. The Kier molecular flexibility index (Phi) is 3.77. The molecule has 0 saturated heterocycles. The number of nitrogens with two attached hydrogens (primary N) is 1. The zero-order valence-corrected chi connectivity index (χ0v) is 8.03. The van der Waals surface area contributed by atoms with E-state index in [0.29, 0.717) is 5.75 Å². The molecule has 1 aromatic carbocycles. The molecule has 2 heteroatoms. The average Bonchev–Trinajstić information content (AvgIpc) is 2.15. The van der Waals surface area contributed by atoms with Gasteiger partial charge < -0.3 is 10.8 Å². The van der Waals surface area contributed by atoms with Gasteiger partial charge in [0.25, 0.3) is 0 Å². The fourth-order valence-corrected chi connectivity index (χ4v) is 1.31. The summed E-state index contributed by atoms with van der Waals surface area (Å²) in [5, 5.41) is 9.07. The van der Waals surface area contributed by atoms with Crippen molar-refractivity contribution in [2.75, 3.05) is 0 Å². The number of unbranched alkanes of at least 4 members (excludes halogenated alkanes) is 1. The molecule has 0 spiro atoms. The molecule has 1 aromatic rings. The van der Waals surface area contributed by atoms with E-state index in [1.165, 1.54) is 6.42 Å². The SMILES string of the molecule is CCCC[C@H](N)c1ccc(O)cc1.